The molecule has 1 aromatic heterocycles. The van der Waals surface area contributed by atoms with E-state index in [1.54, 1.807) is 6.20 Å². The van der Waals surface area contributed by atoms with E-state index in [9.17, 15) is 4.79 Å². The number of hydrogen-bond donors (Lipinski definition) is 1. The molecule has 0 saturated heterocycles. The van der Waals surface area contributed by atoms with Crippen molar-refractivity contribution in [3.63, 3.8) is 0 Å². The van der Waals surface area contributed by atoms with Crippen LogP contribution < -0.4 is 10.1 Å². The van der Waals surface area contributed by atoms with Gasteiger partial charge < -0.3 is 10.1 Å². The predicted molar refractivity (Wildman–Crippen MR) is 73.7 cm³/mol. The molecule has 19 heavy (non-hydrogen) atoms. The lowest BCUT2D eigenvalue weighted by Gasteiger charge is -2.17. The van der Waals surface area contributed by atoms with E-state index >= 15 is 0 Å². The molecule has 1 aliphatic rings. The number of pyridine rings is 1. The van der Waals surface area contributed by atoms with Crippen LogP contribution in [-0.4, -0.2) is 17.5 Å². The first-order valence-corrected chi connectivity index (χ1v) is 6.80. The fourth-order valence-electron chi connectivity index (χ4n) is 2.18. The van der Waals surface area contributed by atoms with Crippen LogP contribution in [0.5, 0.6) is 5.88 Å². The lowest BCUT2D eigenvalue weighted by atomic mass is 9.93. The third kappa shape index (κ3) is 3.81. The number of aromatic nitrogens is 1. The number of ether oxygens (including phenoxy) is 1. The van der Waals surface area contributed by atoms with Crippen LogP contribution >= 0.6 is 0 Å². The van der Waals surface area contributed by atoms with Crippen molar-refractivity contribution in [2.75, 3.05) is 6.61 Å². The van der Waals surface area contributed by atoms with Gasteiger partial charge >= 0.3 is 0 Å². The number of amides is 1. The van der Waals surface area contributed by atoms with E-state index < -0.39 is 0 Å². The van der Waals surface area contributed by atoms with Crippen LogP contribution in [0.2, 0.25) is 0 Å². The topological polar surface area (TPSA) is 51.2 Å². The Morgan fingerprint density at radius 3 is 3.16 bits per heavy atom. The summed E-state index contributed by atoms with van der Waals surface area (Å²) in [5.41, 5.74) is 0.920. The highest BCUT2D eigenvalue weighted by Crippen LogP contribution is 2.19. The molecule has 1 atom stereocenters. The molecule has 0 aromatic carbocycles. The molecule has 4 heteroatoms. The Bertz CT molecular complexity index is 457. The highest BCUT2D eigenvalue weighted by molar-refractivity contribution is 5.79. The van der Waals surface area contributed by atoms with Gasteiger partial charge in [0.2, 0.25) is 11.8 Å². The lowest BCUT2D eigenvalue weighted by molar-refractivity contribution is -0.125. The Morgan fingerprint density at radius 2 is 2.42 bits per heavy atom. The van der Waals surface area contributed by atoms with Gasteiger partial charge in [0.05, 0.1) is 6.61 Å². The van der Waals surface area contributed by atoms with Crippen LogP contribution in [0.1, 0.15) is 31.7 Å². The summed E-state index contributed by atoms with van der Waals surface area (Å²) in [6.07, 6.45) is 8.70. The average molecular weight is 260 g/mol. The summed E-state index contributed by atoms with van der Waals surface area (Å²) < 4.78 is 5.44. The van der Waals surface area contributed by atoms with Gasteiger partial charge in [0.15, 0.2) is 0 Å². The summed E-state index contributed by atoms with van der Waals surface area (Å²) in [4.78, 5) is 16.2. The minimum absolute atomic E-state index is 0.109. The van der Waals surface area contributed by atoms with Crippen LogP contribution in [0.4, 0.5) is 0 Å². The molecular formula is C15H20N2O2. The van der Waals surface area contributed by atoms with Crippen molar-refractivity contribution in [2.24, 2.45) is 5.92 Å². The zero-order valence-electron chi connectivity index (χ0n) is 11.3. The zero-order chi connectivity index (χ0) is 13.5. The molecule has 4 nitrogen and oxygen atoms in total. The third-order valence-corrected chi connectivity index (χ3v) is 3.22. The summed E-state index contributed by atoms with van der Waals surface area (Å²) in [5, 5.41) is 2.97. The van der Waals surface area contributed by atoms with Crippen molar-refractivity contribution in [3.05, 3.63) is 36.0 Å². The SMILES string of the molecule is CCOc1ncccc1CNC(=O)[C@@H]1CC=CCC1. The van der Waals surface area contributed by atoms with E-state index in [2.05, 4.69) is 22.5 Å². The van der Waals surface area contributed by atoms with Gasteiger partial charge in [-0.25, -0.2) is 4.98 Å². The molecule has 1 aromatic rings. The summed E-state index contributed by atoms with van der Waals surface area (Å²) in [6, 6.07) is 3.78. The van der Waals surface area contributed by atoms with Gasteiger partial charge in [-0.15, -0.1) is 0 Å². The van der Waals surface area contributed by atoms with Crippen LogP contribution in [0.15, 0.2) is 30.5 Å². The van der Waals surface area contributed by atoms with Crippen molar-refractivity contribution >= 4 is 5.91 Å². The van der Waals surface area contributed by atoms with Crippen molar-refractivity contribution in [3.8, 4) is 5.88 Å². The molecule has 1 aliphatic carbocycles. The summed E-state index contributed by atoms with van der Waals surface area (Å²) in [7, 11) is 0. The van der Waals surface area contributed by atoms with Crippen LogP contribution in [-0.2, 0) is 11.3 Å². The maximum Gasteiger partial charge on any atom is 0.223 e. The molecule has 0 aliphatic heterocycles. The van der Waals surface area contributed by atoms with E-state index in [0.29, 0.717) is 19.0 Å². The van der Waals surface area contributed by atoms with Crippen LogP contribution in [0.25, 0.3) is 0 Å². The second-order valence-corrected chi connectivity index (χ2v) is 4.60. The van der Waals surface area contributed by atoms with E-state index in [4.69, 9.17) is 4.74 Å². The Morgan fingerprint density at radius 1 is 1.53 bits per heavy atom. The highest BCUT2D eigenvalue weighted by Gasteiger charge is 2.18. The van der Waals surface area contributed by atoms with E-state index in [-0.39, 0.29) is 11.8 Å². The van der Waals surface area contributed by atoms with Gasteiger partial charge in [-0.3, -0.25) is 4.79 Å². The predicted octanol–water partition coefficient (Wildman–Crippen LogP) is 2.45. The van der Waals surface area contributed by atoms with Crippen molar-refractivity contribution < 1.29 is 9.53 Å². The summed E-state index contributed by atoms with van der Waals surface area (Å²) in [5.74, 6) is 0.835. The van der Waals surface area contributed by atoms with Crippen molar-refractivity contribution in [1.82, 2.24) is 10.3 Å². The number of nitrogens with one attached hydrogen (secondary N) is 1. The molecule has 1 amide bonds. The normalized spacial score (nSPS) is 18.1. The zero-order valence-corrected chi connectivity index (χ0v) is 11.3. The first kappa shape index (κ1) is 13.6. The van der Waals surface area contributed by atoms with E-state index in [0.717, 1.165) is 24.8 Å². The molecule has 0 unspecified atom stereocenters. The average Bonchev–Trinajstić information content (AvgIpc) is 2.47. The molecule has 0 radical (unpaired) electrons. The molecule has 0 saturated carbocycles. The highest BCUT2D eigenvalue weighted by atomic mass is 16.5. The Labute approximate surface area is 113 Å². The number of nitrogens with zero attached hydrogens (tertiary/aromatic N) is 1. The third-order valence-electron chi connectivity index (χ3n) is 3.22. The molecule has 2 rings (SSSR count). The van der Waals surface area contributed by atoms with Gasteiger partial charge in [0, 0.05) is 24.2 Å². The van der Waals surface area contributed by atoms with Gasteiger partial charge in [-0.2, -0.15) is 0 Å². The maximum atomic E-state index is 12.0. The minimum atomic E-state index is 0.109. The standard InChI is InChI=1S/C15H20N2O2/c1-2-19-15-13(9-6-10-16-15)11-17-14(18)12-7-4-3-5-8-12/h3-4,6,9-10,12H,2,5,7-8,11H2,1H3,(H,17,18)/t12-/m1/s1. The van der Waals surface area contributed by atoms with Crippen molar-refractivity contribution in [2.45, 2.75) is 32.7 Å². The fourth-order valence-corrected chi connectivity index (χ4v) is 2.18. The monoisotopic (exact) mass is 260 g/mol. The minimum Gasteiger partial charge on any atom is -0.478 e. The number of carbonyl (C=O) groups is 1. The maximum absolute atomic E-state index is 12.0. The second-order valence-electron chi connectivity index (χ2n) is 4.60. The summed E-state index contributed by atoms with van der Waals surface area (Å²) >= 11 is 0. The van der Waals surface area contributed by atoms with Gasteiger partial charge in [0.1, 0.15) is 0 Å². The number of carbonyl (C=O) groups excluding carboxylic acids is 1. The molecule has 0 bridgehead atoms. The van der Waals surface area contributed by atoms with Crippen LogP contribution in [0, 0.1) is 5.92 Å². The molecular weight excluding hydrogens is 240 g/mol. The van der Waals surface area contributed by atoms with Crippen molar-refractivity contribution in [1.29, 1.82) is 0 Å². The number of rotatable bonds is 5. The van der Waals surface area contributed by atoms with E-state index in [1.165, 1.54) is 0 Å². The Hall–Kier alpha value is -1.84. The number of allylic oxidation sites excluding steroid dienone is 2. The van der Waals surface area contributed by atoms with Gasteiger partial charge in [0.25, 0.3) is 0 Å². The molecule has 1 N–H and O–H groups in total. The Balaban J connectivity index is 1.91. The van der Waals surface area contributed by atoms with Gasteiger partial charge in [-0.05, 0) is 32.3 Å². The largest absolute Gasteiger partial charge is 0.478 e. The molecule has 1 heterocycles. The molecule has 0 spiro atoms. The molecule has 0 fully saturated rings. The Kier molecular flexibility index (Phi) is 4.95. The summed E-state index contributed by atoms with van der Waals surface area (Å²) in [6.45, 7) is 2.97. The first-order chi connectivity index (χ1) is 9.31. The second kappa shape index (κ2) is 6.92. The first-order valence-electron chi connectivity index (χ1n) is 6.80. The van der Waals surface area contributed by atoms with Crippen LogP contribution in [0.3, 0.4) is 0 Å². The number of hydrogen-bond acceptors (Lipinski definition) is 3. The van der Waals surface area contributed by atoms with Gasteiger partial charge in [-0.1, -0.05) is 18.2 Å². The smallest absolute Gasteiger partial charge is 0.223 e. The quantitative estimate of drug-likeness (QED) is 0.827. The lowest BCUT2D eigenvalue weighted by Crippen LogP contribution is -2.30. The molecule has 102 valence electrons. The van der Waals surface area contributed by atoms with E-state index in [1.807, 2.05) is 19.1 Å². The fraction of sp³-hybridized carbons (Fsp3) is 0.467.